The van der Waals surface area contributed by atoms with Gasteiger partial charge in [-0.3, -0.25) is 9.59 Å². The Kier molecular flexibility index (Phi) is 7.51. The van der Waals surface area contributed by atoms with Gasteiger partial charge >= 0.3 is 0 Å². The lowest BCUT2D eigenvalue weighted by atomic mass is 10.2. The van der Waals surface area contributed by atoms with E-state index in [0.29, 0.717) is 6.61 Å². The van der Waals surface area contributed by atoms with Crippen LogP contribution in [0.5, 0.6) is 5.75 Å². The molecule has 0 saturated carbocycles. The topological polar surface area (TPSA) is 67.4 Å². The monoisotopic (exact) mass is 420 g/mol. The van der Waals surface area contributed by atoms with Crippen LogP contribution in [0.3, 0.4) is 0 Å². The molecule has 0 spiro atoms. The third-order valence-corrected chi connectivity index (χ3v) is 5.34. The molecule has 2 amide bonds. The second-order valence-corrected chi connectivity index (χ2v) is 8.17. The lowest BCUT2D eigenvalue weighted by Gasteiger charge is -2.13. The molecule has 6 heteroatoms. The Bertz CT molecular complexity index is 974. The Morgan fingerprint density at radius 1 is 0.867 bits per heavy atom. The van der Waals surface area contributed by atoms with Gasteiger partial charge in [0, 0.05) is 23.2 Å². The van der Waals surface area contributed by atoms with Gasteiger partial charge in [0.25, 0.3) is 0 Å². The molecule has 0 heterocycles. The molecule has 0 unspecified atom stereocenters. The predicted molar refractivity (Wildman–Crippen MR) is 122 cm³/mol. The first-order valence-electron chi connectivity index (χ1n) is 9.61. The van der Waals surface area contributed by atoms with Crippen molar-refractivity contribution >= 4 is 35.0 Å². The third-order valence-electron chi connectivity index (χ3n) is 4.23. The minimum Gasteiger partial charge on any atom is -0.489 e. The van der Waals surface area contributed by atoms with E-state index < -0.39 is 0 Å². The molecule has 0 fully saturated rings. The third kappa shape index (κ3) is 6.67. The van der Waals surface area contributed by atoms with E-state index in [4.69, 9.17) is 4.74 Å². The van der Waals surface area contributed by atoms with E-state index in [0.717, 1.165) is 27.6 Å². The predicted octanol–water partition coefficient (Wildman–Crippen LogP) is 5.34. The van der Waals surface area contributed by atoms with Gasteiger partial charge in [-0.1, -0.05) is 30.3 Å². The number of thioether (sulfide) groups is 1. The van der Waals surface area contributed by atoms with E-state index in [-0.39, 0.29) is 17.1 Å². The zero-order chi connectivity index (χ0) is 21.3. The maximum Gasteiger partial charge on any atom is 0.237 e. The van der Waals surface area contributed by atoms with Gasteiger partial charge in [0.05, 0.1) is 5.25 Å². The van der Waals surface area contributed by atoms with Gasteiger partial charge < -0.3 is 15.4 Å². The van der Waals surface area contributed by atoms with Crippen LogP contribution in [0.25, 0.3) is 0 Å². The van der Waals surface area contributed by atoms with Gasteiger partial charge in [0.2, 0.25) is 11.8 Å². The summed E-state index contributed by atoms with van der Waals surface area (Å²) in [4.78, 5) is 24.5. The molecule has 0 aliphatic heterocycles. The lowest BCUT2D eigenvalue weighted by molar-refractivity contribution is -0.115. The summed E-state index contributed by atoms with van der Waals surface area (Å²) in [5.74, 6) is 0.557. The van der Waals surface area contributed by atoms with Crippen LogP contribution >= 0.6 is 11.8 Å². The Balaban J connectivity index is 1.49. The van der Waals surface area contributed by atoms with Crippen molar-refractivity contribution in [1.82, 2.24) is 0 Å². The Labute approximate surface area is 180 Å². The van der Waals surface area contributed by atoms with Gasteiger partial charge in [-0.25, -0.2) is 0 Å². The number of ether oxygens (including phenoxy) is 1. The van der Waals surface area contributed by atoms with Crippen molar-refractivity contribution in [3.63, 3.8) is 0 Å². The molecule has 1 atom stereocenters. The maximum atomic E-state index is 12.5. The highest BCUT2D eigenvalue weighted by Crippen LogP contribution is 2.26. The van der Waals surface area contributed by atoms with Crippen LogP contribution < -0.4 is 15.4 Å². The van der Waals surface area contributed by atoms with Crippen LogP contribution in [0.15, 0.2) is 83.8 Å². The summed E-state index contributed by atoms with van der Waals surface area (Å²) in [7, 11) is 0. The summed E-state index contributed by atoms with van der Waals surface area (Å²) in [5.41, 5.74) is 2.56. The minimum absolute atomic E-state index is 0.0797. The molecule has 3 aromatic carbocycles. The fourth-order valence-corrected chi connectivity index (χ4v) is 3.56. The van der Waals surface area contributed by atoms with Crippen LogP contribution in [0.4, 0.5) is 11.4 Å². The largest absolute Gasteiger partial charge is 0.489 e. The molecule has 30 heavy (non-hydrogen) atoms. The van der Waals surface area contributed by atoms with Gasteiger partial charge in [-0.05, 0) is 61.0 Å². The van der Waals surface area contributed by atoms with Crippen molar-refractivity contribution in [2.75, 3.05) is 10.6 Å². The Morgan fingerprint density at radius 2 is 1.47 bits per heavy atom. The fraction of sp³-hybridized carbons (Fsp3) is 0.167. The lowest BCUT2D eigenvalue weighted by Crippen LogP contribution is -2.22. The summed E-state index contributed by atoms with van der Waals surface area (Å²) in [5, 5.41) is 5.38. The number of hydrogen-bond acceptors (Lipinski definition) is 4. The quantitative estimate of drug-likeness (QED) is 0.483. The first-order valence-corrected chi connectivity index (χ1v) is 10.5. The van der Waals surface area contributed by atoms with E-state index >= 15 is 0 Å². The molecule has 3 rings (SSSR count). The smallest absolute Gasteiger partial charge is 0.237 e. The van der Waals surface area contributed by atoms with Crippen LogP contribution in [0.1, 0.15) is 19.4 Å². The standard InChI is InChI=1S/C24H24N2O3S/c1-17(30-23-14-10-20(11-15-23)25-18(2)27)24(28)26-21-8-12-22(13-9-21)29-16-19-6-4-3-5-7-19/h3-15,17H,16H2,1-2H3,(H,25,27)(H,26,28)/t17-/m0/s1. The summed E-state index contributed by atoms with van der Waals surface area (Å²) in [6.07, 6.45) is 0. The van der Waals surface area contributed by atoms with Gasteiger partial charge in [-0.2, -0.15) is 0 Å². The highest BCUT2D eigenvalue weighted by atomic mass is 32.2. The van der Waals surface area contributed by atoms with Crippen LogP contribution in [0, 0.1) is 0 Å². The van der Waals surface area contributed by atoms with Crippen molar-refractivity contribution in [1.29, 1.82) is 0 Å². The average molecular weight is 421 g/mol. The van der Waals surface area contributed by atoms with Crippen molar-refractivity contribution < 1.29 is 14.3 Å². The molecule has 2 N–H and O–H groups in total. The van der Waals surface area contributed by atoms with Crippen molar-refractivity contribution in [2.45, 2.75) is 30.6 Å². The first-order chi connectivity index (χ1) is 14.5. The van der Waals surface area contributed by atoms with E-state index in [1.54, 1.807) is 0 Å². The van der Waals surface area contributed by atoms with E-state index in [1.165, 1.54) is 18.7 Å². The normalized spacial score (nSPS) is 11.4. The molecule has 3 aromatic rings. The van der Waals surface area contributed by atoms with Crippen LogP contribution in [0.2, 0.25) is 0 Å². The Morgan fingerprint density at radius 3 is 2.10 bits per heavy atom. The number of benzene rings is 3. The fourth-order valence-electron chi connectivity index (χ4n) is 2.70. The molecular formula is C24H24N2O3S. The SMILES string of the molecule is CC(=O)Nc1ccc(S[C@@H](C)C(=O)Nc2ccc(OCc3ccccc3)cc2)cc1. The number of hydrogen-bond donors (Lipinski definition) is 2. The molecule has 0 aromatic heterocycles. The maximum absolute atomic E-state index is 12.5. The number of carbonyl (C=O) groups excluding carboxylic acids is 2. The second kappa shape index (κ2) is 10.5. The van der Waals surface area contributed by atoms with E-state index in [2.05, 4.69) is 10.6 Å². The van der Waals surface area contributed by atoms with E-state index in [9.17, 15) is 9.59 Å². The van der Waals surface area contributed by atoms with Crippen molar-refractivity contribution in [3.8, 4) is 5.75 Å². The number of rotatable bonds is 8. The molecule has 0 bridgehead atoms. The molecule has 0 aliphatic rings. The molecule has 5 nitrogen and oxygen atoms in total. The molecule has 0 saturated heterocycles. The second-order valence-electron chi connectivity index (χ2n) is 6.75. The van der Waals surface area contributed by atoms with Gasteiger partial charge in [-0.15, -0.1) is 11.8 Å². The summed E-state index contributed by atoms with van der Waals surface area (Å²) in [6, 6.07) is 24.7. The van der Waals surface area contributed by atoms with Crippen molar-refractivity contribution in [2.24, 2.45) is 0 Å². The summed E-state index contributed by atoms with van der Waals surface area (Å²) < 4.78 is 5.77. The van der Waals surface area contributed by atoms with E-state index in [1.807, 2.05) is 85.8 Å². The van der Waals surface area contributed by atoms with Crippen LogP contribution in [-0.2, 0) is 16.2 Å². The minimum atomic E-state index is -0.273. The van der Waals surface area contributed by atoms with Crippen LogP contribution in [-0.4, -0.2) is 17.1 Å². The summed E-state index contributed by atoms with van der Waals surface area (Å²) in [6.45, 7) is 3.83. The zero-order valence-corrected chi connectivity index (χ0v) is 17.7. The molecule has 154 valence electrons. The van der Waals surface area contributed by atoms with Gasteiger partial charge in [0.15, 0.2) is 0 Å². The molecular weight excluding hydrogens is 396 g/mol. The Hall–Kier alpha value is -3.25. The van der Waals surface area contributed by atoms with Gasteiger partial charge in [0.1, 0.15) is 12.4 Å². The number of carbonyl (C=O) groups is 2. The first kappa shape index (κ1) is 21.5. The number of amides is 2. The molecule has 0 aliphatic carbocycles. The number of nitrogens with one attached hydrogen (secondary N) is 2. The highest BCUT2D eigenvalue weighted by molar-refractivity contribution is 8.00. The molecule has 0 radical (unpaired) electrons. The summed E-state index contributed by atoms with van der Waals surface area (Å²) >= 11 is 1.46. The highest BCUT2D eigenvalue weighted by Gasteiger charge is 2.14. The zero-order valence-electron chi connectivity index (χ0n) is 16.9. The van der Waals surface area contributed by atoms with Crippen molar-refractivity contribution in [3.05, 3.63) is 84.4 Å². The number of anilines is 2. The average Bonchev–Trinajstić information content (AvgIpc) is 2.75.